The number of carbonyl (C=O) groups is 1. The molecule has 0 saturated heterocycles. The predicted octanol–water partition coefficient (Wildman–Crippen LogP) is 4.79. The molecule has 0 fully saturated rings. The molecule has 2 aromatic rings. The van der Waals surface area contributed by atoms with Gasteiger partial charge in [-0.25, -0.2) is 4.39 Å². The highest BCUT2D eigenvalue weighted by atomic mass is 35.5. The van der Waals surface area contributed by atoms with E-state index in [1.807, 2.05) is 30.3 Å². The zero-order valence-corrected chi connectivity index (χ0v) is 14.8. The zero-order valence-electron chi connectivity index (χ0n) is 14.0. The highest BCUT2D eigenvalue weighted by Gasteiger charge is 2.22. The van der Waals surface area contributed by atoms with E-state index in [1.54, 1.807) is 6.92 Å². The van der Waals surface area contributed by atoms with Gasteiger partial charge in [-0.3, -0.25) is 10.1 Å². The van der Waals surface area contributed by atoms with Crippen LogP contribution in [0.2, 0.25) is 5.02 Å². The van der Waals surface area contributed by atoms with Crippen molar-refractivity contribution in [3.8, 4) is 0 Å². The van der Waals surface area contributed by atoms with Gasteiger partial charge < -0.3 is 5.32 Å². The number of hydrogen-bond acceptors (Lipinski definition) is 2. The topological polar surface area (TPSA) is 41.1 Å². The smallest absolute Gasteiger partial charge is 0.241 e. The summed E-state index contributed by atoms with van der Waals surface area (Å²) in [6.45, 7) is 6.00. The monoisotopic (exact) mass is 348 g/mol. The van der Waals surface area contributed by atoms with Gasteiger partial charge in [-0.1, -0.05) is 55.8 Å². The van der Waals surface area contributed by atoms with Crippen molar-refractivity contribution in [3.05, 3.63) is 64.9 Å². The molecule has 0 radical (unpaired) electrons. The largest absolute Gasteiger partial charge is 0.323 e. The number of anilines is 1. The van der Waals surface area contributed by atoms with E-state index in [-0.39, 0.29) is 17.0 Å². The molecule has 0 heterocycles. The highest BCUT2D eigenvalue weighted by molar-refractivity contribution is 6.33. The summed E-state index contributed by atoms with van der Waals surface area (Å²) in [6.07, 6.45) is 0. The van der Waals surface area contributed by atoms with E-state index in [2.05, 4.69) is 24.5 Å². The molecule has 3 nitrogen and oxygen atoms in total. The van der Waals surface area contributed by atoms with E-state index in [0.29, 0.717) is 11.6 Å². The predicted molar refractivity (Wildman–Crippen MR) is 96.7 cm³/mol. The molecule has 0 aliphatic heterocycles. The molecule has 24 heavy (non-hydrogen) atoms. The first-order chi connectivity index (χ1) is 11.4. The lowest BCUT2D eigenvalue weighted by Crippen LogP contribution is -2.41. The Labute approximate surface area is 147 Å². The van der Waals surface area contributed by atoms with Gasteiger partial charge in [0.2, 0.25) is 5.91 Å². The molecule has 2 rings (SSSR count). The summed E-state index contributed by atoms with van der Waals surface area (Å²) >= 11 is 5.96. The van der Waals surface area contributed by atoms with Crippen LogP contribution < -0.4 is 10.6 Å². The summed E-state index contributed by atoms with van der Waals surface area (Å²) in [5.41, 5.74) is 1.53. The normalized spacial score (nSPS) is 13.6. The SMILES string of the molecule is CC(C)[C@@H](N[C@@H](C)C(=O)Nc1ccc(F)cc1Cl)c1ccccc1. The lowest BCUT2D eigenvalue weighted by atomic mass is 9.95. The third-order valence-electron chi connectivity index (χ3n) is 3.84. The molecule has 0 aliphatic carbocycles. The standard InChI is InChI=1S/C19H22ClFN2O/c1-12(2)18(14-7-5-4-6-8-14)22-13(3)19(24)23-17-10-9-15(21)11-16(17)20/h4-13,18,22H,1-3H3,(H,23,24)/t13-,18+/m0/s1. The molecule has 2 atom stereocenters. The molecular formula is C19H22ClFN2O. The van der Waals surface area contributed by atoms with Crippen molar-refractivity contribution in [1.82, 2.24) is 5.32 Å². The first kappa shape index (κ1) is 18.4. The third kappa shape index (κ3) is 4.79. The van der Waals surface area contributed by atoms with Crippen LogP contribution in [0.1, 0.15) is 32.4 Å². The van der Waals surface area contributed by atoms with Crippen molar-refractivity contribution >= 4 is 23.2 Å². The van der Waals surface area contributed by atoms with Crippen LogP contribution in [-0.4, -0.2) is 11.9 Å². The molecule has 1 amide bonds. The Morgan fingerprint density at radius 2 is 1.75 bits per heavy atom. The van der Waals surface area contributed by atoms with Gasteiger partial charge in [0, 0.05) is 6.04 Å². The van der Waals surface area contributed by atoms with Crippen LogP contribution in [0.15, 0.2) is 48.5 Å². The molecule has 128 valence electrons. The van der Waals surface area contributed by atoms with Crippen molar-refractivity contribution in [1.29, 1.82) is 0 Å². The Morgan fingerprint density at radius 1 is 1.08 bits per heavy atom. The molecule has 0 spiro atoms. The number of benzene rings is 2. The molecular weight excluding hydrogens is 327 g/mol. The van der Waals surface area contributed by atoms with Crippen LogP contribution in [0.3, 0.4) is 0 Å². The van der Waals surface area contributed by atoms with Crippen molar-refractivity contribution in [2.45, 2.75) is 32.9 Å². The van der Waals surface area contributed by atoms with Crippen molar-refractivity contribution < 1.29 is 9.18 Å². The van der Waals surface area contributed by atoms with Gasteiger partial charge in [0.05, 0.1) is 16.8 Å². The maximum Gasteiger partial charge on any atom is 0.241 e. The summed E-state index contributed by atoms with van der Waals surface area (Å²) < 4.78 is 13.1. The molecule has 5 heteroatoms. The van der Waals surface area contributed by atoms with Gasteiger partial charge in [-0.2, -0.15) is 0 Å². The van der Waals surface area contributed by atoms with Crippen molar-refractivity contribution in [3.63, 3.8) is 0 Å². The summed E-state index contributed by atoms with van der Waals surface area (Å²) in [5, 5.41) is 6.27. The maximum absolute atomic E-state index is 13.1. The summed E-state index contributed by atoms with van der Waals surface area (Å²) in [7, 11) is 0. The minimum Gasteiger partial charge on any atom is -0.323 e. The van der Waals surface area contributed by atoms with Crippen LogP contribution in [0.4, 0.5) is 10.1 Å². The van der Waals surface area contributed by atoms with Crippen molar-refractivity contribution in [2.75, 3.05) is 5.32 Å². The molecule has 2 N–H and O–H groups in total. The second kappa shape index (κ2) is 8.27. The van der Waals surface area contributed by atoms with Gasteiger partial charge in [-0.15, -0.1) is 0 Å². The number of hydrogen-bond donors (Lipinski definition) is 2. The fraction of sp³-hybridized carbons (Fsp3) is 0.316. The van der Waals surface area contributed by atoms with E-state index in [1.165, 1.54) is 18.2 Å². The van der Waals surface area contributed by atoms with E-state index < -0.39 is 11.9 Å². The summed E-state index contributed by atoms with van der Waals surface area (Å²) in [4.78, 5) is 12.4. The molecule has 0 unspecified atom stereocenters. The van der Waals surface area contributed by atoms with Crippen molar-refractivity contribution in [2.24, 2.45) is 5.92 Å². The van der Waals surface area contributed by atoms with E-state index in [4.69, 9.17) is 11.6 Å². The molecule has 0 aliphatic rings. The van der Waals surface area contributed by atoms with Gasteiger partial charge in [0.15, 0.2) is 0 Å². The molecule has 0 bridgehead atoms. The zero-order chi connectivity index (χ0) is 17.7. The van der Waals surface area contributed by atoms with E-state index >= 15 is 0 Å². The van der Waals surface area contributed by atoms with Gasteiger partial charge in [0.1, 0.15) is 5.82 Å². The lowest BCUT2D eigenvalue weighted by molar-refractivity contribution is -0.118. The van der Waals surface area contributed by atoms with Gasteiger partial charge in [-0.05, 0) is 36.6 Å². The molecule has 0 saturated carbocycles. The number of carbonyl (C=O) groups excluding carboxylic acids is 1. The summed E-state index contributed by atoms with van der Waals surface area (Å²) in [6, 6.07) is 13.5. The van der Waals surface area contributed by atoms with E-state index in [0.717, 1.165) is 5.56 Å². The third-order valence-corrected chi connectivity index (χ3v) is 4.15. The fourth-order valence-electron chi connectivity index (χ4n) is 2.51. The average molecular weight is 349 g/mol. The second-order valence-corrected chi connectivity index (χ2v) is 6.54. The number of amides is 1. The number of halogens is 2. The Kier molecular flexibility index (Phi) is 6.35. The molecule has 2 aromatic carbocycles. The number of nitrogens with one attached hydrogen (secondary N) is 2. The van der Waals surface area contributed by atoms with Crippen LogP contribution in [-0.2, 0) is 4.79 Å². The minimum absolute atomic E-state index is 0.0515. The Bertz CT molecular complexity index is 691. The maximum atomic E-state index is 13.1. The average Bonchev–Trinajstić information content (AvgIpc) is 2.55. The first-order valence-electron chi connectivity index (χ1n) is 7.95. The van der Waals surface area contributed by atoms with Gasteiger partial charge >= 0.3 is 0 Å². The first-order valence-corrected chi connectivity index (χ1v) is 8.33. The second-order valence-electron chi connectivity index (χ2n) is 6.13. The number of rotatable bonds is 6. The Hall–Kier alpha value is -1.91. The molecule has 0 aromatic heterocycles. The lowest BCUT2D eigenvalue weighted by Gasteiger charge is -2.26. The van der Waals surface area contributed by atoms with Gasteiger partial charge in [0.25, 0.3) is 0 Å². The van der Waals surface area contributed by atoms with Crippen LogP contribution >= 0.6 is 11.6 Å². The fourth-order valence-corrected chi connectivity index (χ4v) is 2.73. The highest BCUT2D eigenvalue weighted by Crippen LogP contribution is 2.24. The van der Waals surface area contributed by atoms with Crippen LogP contribution in [0.25, 0.3) is 0 Å². The quantitative estimate of drug-likeness (QED) is 0.787. The van der Waals surface area contributed by atoms with E-state index in [9.17, 15) is 9.18 Å². The Morgan fingerprint density at radius 3 is 2.33 bits per heavy atom. The van der Waals surface area contributed by atoms with Crippen LogP contribution in [0.5, 0.6) is 0 Å². The summed E-state index contributed by atoms with van der Waals surface area (Å²) in [5.74, 6) is -0.338. The Balaban J connectivity index is 2.06. The minimum atomic E-state index is -0.437. The van der Waals surface area contributed by atoms with Crippen LogP contribution in [0, 0.1) is 11.7 Å².